The molecule has 0 aliphatic heterocycles. The average molecular weight is 341 g/mol. The van der Waals surface area contributed by atoms with Crippen molar-refractivity contribution in [3.05, 3.63) is 63.1 Å². The van der Waals surface area contributed by atoms with E-state index in [1.54, 1.807) is 0 Å². The van der Waals surface area contributed by atoms with E-state index in [2.05, 4.69) is 15.9 Å². The largest absolute Gasteiger partial charge is 0.489 e. The second-order valence-corrected chi connectivity index (χ2v) is 5.64. The van der Waals surface area contributed by atoms with Crippen LogP contribution in [-0.2, 0) is 6.61 Å². The first-order chi connectivity index (χ1) is 9.08. The molecule has 0 aliphatic carbocycles. The van der Waals surface area contributed by atoms with Crippen molar-refractivity contribution in [2.24, 2.45) is 5.73 Å². The van der Waals surface area contributed by atoms with Gasteiger partial charge in [0.1, 0.15) is 12.4 Å². The molecule has 0 amide bonds. The Morgan fingerprint density at radius 1 is 1.26 bits per heavy atom. The summed E-state index contributed by atoms with van der Waals surface area (Å²) in [5.74, 6) is 0.773. The predicted molar refractivity (Wildman–Crippen MR) is 82.5 cm³/mol. The number of hydrogen-bond acceptors (Lipinski definition) is 2. The zero-order valence-corrected chi connectivity index (χ0v) is 12.9. The Hall–Kier alpha value is -1.03. The normalized spacial score (nSPS) is 12.2. The van der Waals surface area contributed by atoms with Crippen molar-refractivity contribution < 1.29 is 4.74 Å². The Kier molecular flexibility index (Phi) is 4.86. The van der Waals surface area contributed by atoms with Crippen LogP contribution in [0.4, 0.5) is 0 Å². The van der Waals surface area contributed by atoms with Gasteiger partial charge in [0.25, 0.3) is 0 Å². The Balaban J connectivity index is 2.18. The molecule has 0 saturated heterocycles. The van der Waals surface area contributed by atoms with Gasteiger partial charge >= 0.3 is 0 Å². The molecule has 0 radical (unpaired) electrons. The summed E-state index contributed by atoms with van der Waals surface area (Å²) in [6.07, 6.45) is 0. The lowest BCUT2D eigenvalue weighted by molar-refractivity contribution is 0.301. The van der Waals surface area contributed by atoms with Gasteiger partial charge in [0.15, 0.2) is 0 Å². The van der Waals surface area contributed by atoms with Crippen LogP contribution in [-0.4, -0.2) is 0 Å². The van der Waals surface area contributed by atoms with Crippen LogP contribution in [0.1, 0.15) is 24.1 Å². The highest BCUT2D eigenvalue weighted by atomic mass is 79.9. The molecule has 0 aliphatic rings. The number of hydrogen-bond donors (Lipinski definition) is 1. The summed E-state index contributed by atoms with van der Waals surface area (Å²) in [6.45, 7) is 2.40. The van der Waals surface area contributed by atoms with E-state index in [1.165, 1.54) is 0 Å². The van der Waals surface area contributed by atoms with E-state index in [9.17, 15) is 0 Å². The second kappa shape index (κ2) is 6.42. The van der Waals surface area contributed by atoms with Crippen molar-refractivity contribution in [1.29, 1.82) is 0 Å². The van der Waals surface area contributed by atoms with Gasteiger partial charge in [-0.2, -0.15) is 0 Å². The third-order valence-electron chi connectivity index (χ3n) is 2.80. The van der Waals surface area contributed by atoms with Gasteiger partial charge in [0.05, 0.1) is 0 Å². The van der Waals surface area contributed by atoms with Crippen LogP contribution in [0.25, 0.3) is 0 Å². The molecule has 0 saturated carbocycles. The number of benzene rings is 2. The molecule has 1 atom stereocenters. The molecule has 100 valence electrons. The van der Waals surface area contributed by atoms with Gasteiger partial charge in [0.2, 0.25) is 0 Å². The fourth-order valence-electron chi connectivity index (χ4n) is 1.78. The molecule has 0 bridgehead atoms. The van der Waals surface area contributed by atoms with Gasteiger partial charge in [-0.25, -0.2) is 0 Å². The Bertz CT molecular complexity index is 572. The summed E-state index contributed by atoms with van der Waals surface area (Å²) >= 11 is 9.49. The fraction of sp³-hybridized carbons (Fsp3) is 0.200. The first-order valence-corrected chi connectivity index (χ1v) is 7.16. The van der Waals surface area contributed by atoms with Gasteiger partial charge in [-0.15, -0.1) is 0 Å². The molecule has 0 spiro atoms. The molecule has 0 fully saturated rings. The Morgan fingerprint density at radius 3 is 2.68 bits per heavy atom. The van der Waals surface area contributed by atoms with Crippen molar-refractivity contribution in [2.45, 2.75) is 19.6 Å². The monoisotopic (exact) mass is 339 g/mol. The van der Waals surface area contributed by atoms with Crippen molar-refractivity contribution >= 4 is 27.5 Å². The third-order valence-corrected chi connectivity index (χ3v) is 3.81. The maximum Gasteiger partial charge on any atom is 0.124 e. The van der Waals surface area contributed by atoms with E-state index < -0.39 is 0 Å². The van der Waals surface area contributed by atoms with Gasteiger partial charge in [-0.3, -0.25) is 0 Å². The van der Waals surface area contributed by atoms with Crippen LogP contribution in [0.5, 0.6) is 5.75 Å². The highest BCUT2D eigenvalue weighted by molar-refractivity contribution is 9.10. The van der Waals surface area contributed by atoms with E-state index in [-0.39, 0.29) is 6.04 Å². The van der Waals surface area contributed by atoms with Crippen LogP contribution in [0.2, 0.25) is 5.02 Å². The minimum atomic E-state index is -0.118. The molecule has 2 nitrogen and oxygen atoms in total. The van der Waals surface area contributed by atoms with Crippen LogP contribution in [0, 0.1) is 0 Å². The van der Waals surface area contributed by atoms with E-state index in [1.807, 2.05) is 49.4 Å². The first-order valence-electron chi connectivity index (χ1n) is 5.99. The Morgan fingerprint density at radius 2 is 2.00 bits per heavy atom. The van der Waals surface area contributed by atoms with Crippen molar-refractivity contribution in [1.82, 2.24) is 0 Å². The van der Waals surface area contributed by atoms with Crippen LogP contribution in [0.15, 0.2) is 46.9 Å². The van der Waals surface area contributed by atoms with Gasteiger partial charge < -0.3 is 10.5 Å². The standard InChI is InChI=1S/C15H15BrClNO/c1-10(18)13-8-12(17)6-7-15(13)19-9-11-4-2-3-5-14(11)16/h2-8,10H,9,18H2,1H3/t10-/m1/s1. The molecular weight excluding hydrogens is 326 g/mol. The highest BCUT2D eigenvalue weighted by Crippen LogP contribution is 2.28. The maximum absolute atomic E-state index is 5.98. The molecular formula is C15H15BrClNO. The minimum absolute atomic E-state index is 0.118. The second-order valence-electron chi connectivity index (χ2n) is 4.35. The Labute approximate surface area is 126 Å². The van der Waals surface area contributed by atoms with Gasteiger partial charge in [-0.05, 0) is 31.2 Å². The molecule has 2 aromatic carbocycles. The summed E-state index contributed by atoms with van der Waals surface area (Å²) in [7, 11) is 0. The molecule has 2 rings (SSSR count). The zero-order valence-electron chi connectivity index (χ0n) is 10.6. The summed E-state index contributed by atoms with van der Waals surface area (Å²) < 4.78 is 6.89. The summed E-state index contributed by atoms with van der Waals surface area (Å²) in [6, 6.07) is 13.4. The van der Waals surface area contributed by atoms with E-state index in [0.717, 1.165) is 21.3 Å². The van der Waals surface area contributed by atoms with Crippen LogP contribution >= 0.6 is 27.5 Å². The molecule has 0 heterocycles. The van der Waals surface area contributed by atoms with Crippen molar-refractivity contribution in [2.75, 3.05) is 0 Å². The topological polar surface area (TPSA) is 35.2 Å². The molecule has 4 heteroatoms. The lowest BCUT2D eigenvalue weighted by Gasteiger charge is -2.15. The van der Waals surface area contributed by atoms with Gasteiger partial charge in [0, 0.05) is 26.7 Å². The number of nitrogens with two attached hydrogens (primary N) is 1. The van der Waals surface area contributed by atoms with Gasteiger partial charge in [-0.1, -0.05) is 45.7 Å². The zero-order chi connectivity index (χ0) is 13.8. The number of ether oxygens (including phenoxy) is 1. The first kappa shape index (κ1) is 14.4. The number of halogens is 2. The SMILES string of the molecule is C[C@@H](N)c1cc(Cl)ccc1OCc1ccccc1Br. The molecule has 0 aromatic heterocycles. The third kappa shape index (κ3) is 3.72. The lowest BCUT2D eigenvalue weighted by atomic mass is 10.1. The quantitative estimate of drug-likeness (QED) is 0.875. The summed E-state index contributed by atoms with van der Waals surface area (Å²) in [5.41, 5.74) is 7.94. The maximum atomic E-state index is 5.98. The fourth-order valence-corrected chi connectivity index (χ4v) is 2.36. The predicted octanol–water partition coefficient (Wildman–Crippen LogP) is 4.70. The van der Waals surface area contributed by atoms with E-state index in [4.69, 9.17) is 22.1 Å². The van der Waals surface area contributed by atoms with Crippen molar-refractivity contribution in [3.8, 4) is 5.75 Å². The van der Waals surface area contributed by atoms with Crippen LogP contribution < -0.4 is 10.5 Å². The summed E-state index contributed by atoms with van der Waals surface area (Å²) in [5, 5.41) is 0.667. The van der Waals surface area contributed by atoms with Crippen molar-refractivity contribution in [3.63, 3.8) is 0 Å². The van der Waals surface area contributed by atoms with E-state index >= 15 is 0 Å². The lowest BCUT2D eigenvalue weighted by Crippen LogP contribution is -2.08. The molecule has 0 unspecified atom stereocenters. The number of rotatable bonds is 4. The molecule has 2 N–H and O–H groups in total. The van der Waals surface area contributed by atoms with E-state index in [0.29, 0.717) is 11.6 Å². The molecule has 2 aromatic rings. The highest BCUT2D eigenvalue weighted by Gasteiger charge is 2.09. The van der Waals surface area contributed by atoms with Crippen LogP contribution in [0.3, 0.4) is 0 Å². The molecule has 19 heavy (non-hydrogen) atoms. The minimum Gasteiger partial charge on any atom is -0.489 e. The average Bonchev–Trinajstić information content (AvgIpc) is 2.38. The smallest absolute Gasteiger partial charge is 0.124 e. The summed E-state index contributed by atoms with van der Waals surface area (Å²) in [4.78, 5) is 0.